The fraction of sp³-hybridized carbons (Fsp3) is 0.444. The molecule has 3 amide bonds. The summed E-state index contributed by atoms with van der Waals surface area (Å²) in [6.07, 6.45) is 0.0421. The topological polar surface area (TPSA) is 125 Å². The van der Waals surface area contributed by atoms with Crippen molar-refractivity contribution in [3.8, 4) is 6.07 Å². The third-order valence-corrected chi connectivity index (χ3v) is 3.86. The van der Waals surface area contributed by atoms with Gasteiger partial charge in [-0.2, -0.15) is 5.26 Å². The Balaban J connectivity index is 2.45. The van der Waals surface area contributed by atoms with Gasteiger partial charge in [-0.15, -0.1) is 0 Å². The molecule has 0 saturated carbocycles. The molecule has 4 N–H and O–H groups in total. The van der Waals surface area contributed by atoms with Crippen molar-refractivity contribution in [1.82, 2.24) is 10.6 Å². The first kappa shape index (κ1) is 20.2. The molecule has 0 aromatic heterocycles. The monoisotopic (exact) mass is 344 g/mol. The molecule has 0 aliphatic heterocycles. The lowest BCUT2D eigenvalue weighted by Crippen LogP contribution is -2.48. The summed E-state index contributed by atoms with van der Waals surface area (Å²) in [5, 5.41) is 14.0. The van der Waals surface area contributed by atoms with Crippen LogP contribution in [0.15, 0.2) is 30.3 Å². The van der Waals surface area contributed by atoms with E-state index in [0.29, 0.717) is 0 Å². The van der Waals surface area contributed by atoms with Crippen molar-refractivity contribution in [1.29, 1.82) is 5.26 Å². The molecule has 0 fully saturated rings. The average Bonchev–Trinajstić information content (AvgIpc) is 2.58. The number of primary amides is 1. The van der Waals surface area contributed by atoms with Crippen LogP contribution in [0.25, 0.3) is 0 Å². The van der Waals surface area contributed by atoms with Gasteiger partial charge in [0.25, 0.3) is 0 Å². The summed E-state index contributed by atoms with van der Waals surface area (Å²) in [6.45, 7) is 3.52. The number of nitrogens with one attached hydrogen (secondary N) is 2. The minimum absolute atomic E-state index is 0.00111. The predicted molar refractivity (Wildman–Crippen MR) is 92.8 cm³/mol. The number of benzene rings is 1. The zero-order valence-corrected chi connectivity index (χ0v) is 14.5. The number of hydrogen-bond acceptors (Lipinski definition) is 4. The molecule has 0 unspecified atom stereocenters. The molecule has 0 heterocycles. The second-order valence-corrected chi connectivity index (χ2v) is 5.99. The van der Waals surface area contributed by atoms with Gasteiger partial charge in [-0.05, 0) is 18.4 Å². The molecule has 0 bridgehead atoms. The number of nitriles is 1. The van der Waals surface area contributed by atoms with Gasteiger partial charge in [-0.1, -0.05) is 37.3 Å². The fourth-order valence-electron chi connectivity index (χ4n) is 2.37. The van der Waals surface area contributed by atoms with Crippen LogP contribution in [-0.2, 0) is 14.4 Å². The van der Waals surface area contributed by atoms with Crippen LogP contribution in [0.5, 0.6) is 0 Å². The van der Waals surface area contributed by atoms with E-state index in [-0.39, 0.29) is 31.2 Å². The van der Waals surface area contributed by atoms with E-state index < -0.39 is 23.8 Å². The molecule has 1 rings (SSSR count). The van der Waals surface area contributed by atoms with E-state index in [4.69, 9.17) is 11.0 Å². The highest BCUT2D eigenvalue weighted by molar-refractivity contribution is 5.88. The van der Waals surface area contributed by atoms with Crippen LogP contribution < -0.4 is 16.4 Å². The van der Waals surface area contributed by atoms with Crippen LogP contribution in [0.2, 0.25) is 0 Å². The van der Waals surface area contributed by atoms with E-state index in [1.807, 2.05) is 43.3 Å². The molecule has 25 heavy (non-hydrogen) atoms. The molecule has 7 heteroatoms. The Morgan fingerprint density at radius 2 is 1.64 bits per heavy atom. The van der Waals surface area contributed by atoms with Gasteiger partial charge < -0.3 is 16.4 Å². The molecule has 0 aliphatic carbocycles. The first-order chi connectivity index (χ1) is 11.8. The van der Waals surface area contributed by atoms with Gasteiger partial charge in [0.05, 0.1) is 12.1 Å². The maximum Gasteiger partial charge on any atom is 0.240 e. The normalized spacial score (nSPS) is 13.8. The van der Waals surface area contributed by atoms with Crippen molar-refractivity contribution in [3.63, 3.8) is 0 Å². The van der Waals surface area contributed by atoms with Crippen molar-refractivity contribution >= 4 is 17.7 Å². The third kappa shape index (κ3) is 7.04. The molecule has 3 atom stereocenters. The Kier molecular flexibility index (Phi) is 8.13. The number of rotatable bonds is 9. The van der Waals surface area contributed by atoms with Gasteiger partial charge >= 0.3 is 0 Å². The molecule has 1 aromatic carbocycles. The van der Waals surface area contributed by atoms with Crippen molar-refractivity contribution in [2.75, 3.05) is 0 Å². The Hall–Kier alpha value is -2.88. The minimum Gasteiger partial charge on any atom is -0.368 e. The van der Waals surface area contributed by atoms with Crippen molar-refractivity contribution < 1.29 is 14.4 Å². The highest BCUT2D eigenvalue weighted by Gasteiger charge is 2.24. The van der Waals surface area contributed by atoms with Crippen LogP contribution >= 0.6 is 0 Å². The Morgan fingerprint density at radius 1 is 1.08 bits per heavy atom. The fourth-order valence-corrected chi connectivity index (χ4v) is 2.37. The molecule has 7 nitrogen and oxygen atoms in total. The minimum atomic E-state index is -0.918. The quantitative estimate of drug-likeness (QED) is 0.621. The van der Waals surface area contributed by atoms with Crippen LogP contribution in [0, 0.1) is 17.2 Å². The van der Waals surface area contributed by atoms with E-state index in [1.165, 1.54) is 0 Å². The van der Waals surface area contributed by atoms with E-state index in [2.05, 4.69) is 10.6 Å². The highest BCUT2D eigenvalue weighted by atomic mass is 16.2. The van der Waals surface area contributed by atoms with Gasteiger partial charge in [0.1, 0.15) is 6.04 Å². The molecule has 0 radical (unpaired) electrons. The summed E-state index contributed by atoms with van der Waals surface area (Å²) in [5.41, 5.74) is 6.23. The number of carbonyl (C=O) groups excluding carboxylic acids is 3. The van der Waals surface area contributed by atoms with E-state index >= 15 is 0 Å². The van der Waals surface area contributed by atoms with Gasteiger partial charge in [-0.25, -0.2) is 0 Å². The summed E-state index contributed by atoms with van der Waals surface area (Å²) < 4.78 is 0. The van der Waals surface area contributed by atoms with Crippen LogP contribution in [0.3, 0.4) is 0 Å². The molecule has 0 aliphatic rings. The number of nitrogens with two attached hydrogens (primary N) is 1. The molecule has 134 valence electrons. The smallest absolute Gasteiger partial charge is 0.240 e. The first-order valence-corrected chi connectivity index (χ1v) is 8.15. The second kappa shape index (κ2) is 10.1. The zero-order valence-electron chi connectivity index (χ0n) is 14.5. The molecule has 1 aromatic rings. The van der Waals surface area contributed by atoms with Crippen molar-refractivity contribution in [3.05, 3.63) is 35.9 Å². The summed E-state index contributed by atoms with van der Waals surface area (Å²) >= 11 is 0. The highest BCUT2D eigenvalue weighted by Crippen LogP contribution is 2.11. The second-order valence-electron chi connectivity index (χ2n) is 5.99. The predicted octanol–water partition coefficient (Wildman–Crippen LogP) is 1.16. The number of hydrogen-bond donors (Lipinski definition) is 3. The van der Waals surface area contributed by atoms with Gasteiger partial charge in [0.2, 0.25) is 17.7 Å². The third-order valence-electron chi connectivity index (χ3n) is 3.86. The Labute approximate surface area is 147 Å². The molecule has 0 spiro atoms. The van der Waals surface area contributed by atoms with E-state index in [1.54, 1.807) is 6.92 Å². The molecular weight excluding hydrogens is 320 g/mol. The zero-order chi connectivity index (χ0) is 18.8. The number of carbonyl (C=O) groups is 3. The average molecular weight is 344 g/mol. The largest absolute Gasteiger partial charge is 0.368 e. The lowest BCUT2D eigenvalue weighted by molar-refractivity contribution is -0.130. The van der Waals surface area contributed by atoms with E-state index in [9.17, 15) is 14.4 Å². The Bertz CT molecular complexity index is 639. The Morgan fingerprint density at radius 3 is 2.16 bits per heavy atom. The SMILES string of the molecule is C[C@H](CC#N)[C@@H](NC(=O)CCC(=O)N[C@H](C)c1ccccc1)C(N)=O. The molecular formula is C18H24N4O3. The van der Waals surface area contributed by atoms with Crippen LogP contribution in [0.4, 0.5) is 0 Å². The van der Waals surface area contributed by atoms with Crippen LogP contribution in [-0.4, -0.2) is 23.8 Å². The summed E-state index contributed by atoms with van der Waals surface area (Å²) in [7, 11) is 0. The summed E-state index contributed by atoms with van der Waals surface area (Å²) in [6, 6.07) is 10.3. The maximum absolute atomic E-state index is 12.0. The van der Waals surface area contributed by atoms with E-state index in [0.717, 1.165) is 5.56 Å². The van der Waals surface area contributed by atoms with Crippen molar-refractivity contribution in [2.24, 2.45) is 11.7 Å². The number of nitrogens with zero attached hydrogens (tertiary/aromatic N) is 1. The first-order valence-electron chi connectivity index (χ1n) is 8.15. The van der Waals surface area contributed by atoms with Crippen molar-refractivity contribution in [2.45, 2.75) is 45.2 Å². The van der Waals surface area contributed by atoms with Crippen LogP contribution in [0.1, 0.15) is 44.7 Å². The maximum atomic E-state index is 12.0. The lowest BCUT2D eigenvalue weighted by Gasteiger charge is -2.20. The molecule has 0 saturated heterocycles. The lowest BCUT2D eigenvalue weighted by atomic mass is 9.98. The van der Waals surface area contributed by atoms with Gasteiger partial charge in [-0.3, -0.25) is 14.4 Å². The summed E-state index contributed by atoms with van der Waals surface area (Å²) in [4.78, 5) is 35.3. The summed E-state index contributed by atoms with van der Waals surface area (Å²) in [5.74, 6) is -1.79. The number of amides is 3. The van der Waals surface area contributed by atoms with Gasteiger partial charge in [0, 0.05) is 19.3 Å². The van der Waals surface area contributed by atoms with Gasteiger partial charge in [0.15, 0.2) is 0 Å². The standard InChI is InChI=1S/C18H24N4O3/c1-12(10-11-19)17(18(20)25)22-16(24)9-8-15(23)21-13(2)14-6-4-3-5-7-14/h3-7,12-13,17H,8-10H2,1-2H3,(H2,20,25)(H,21,23)(H,22,24)/t12-,13-,17-/m1/s1.